The summed E-state index contributed by atoms with van der Waals surface area (Å²) in [6, 6.07) is 21.4. The van der Waals surface area contributed by atoms with Crippen molar-refractivity contribution in [3.63, 3.8) is 0 Å². The van der Waals surface area contributed by atoms with Crippen molar-refractivity contribution in [1.29, 1.82) is 0 Å². The fourth-order valence-electron chi connectivity index (χ4n) is 2.68. The normalized spacial score (nSPS) is 9.86. The lowest BCUT2D eigenvalue weighted by molar-refractivity contribution is -0.115. The van der Waals surface area contributed by atoms with E-state index in [2.05, 4.69) is 17.2 Å². The van der Waals surface area contributed by atoms with Crippen LogP contribution in [0.1, 0.15) is 27.0 Å². The Morgan fingerprint density at radius 2 is 1.62 bits per heavy atom. The summed E-state index contributed by atoms with van der Waals surface area (Å²) in [5, 5.41) is 3.43. The van der Waals surface area contributed by atoms with E-state index in [4.69, 9.17) is 16.3 Å². The molecule has 0 fully saturated rings. The van der Waals surface area contributed by atoms with Crippen LogP contribution in [0.2, 0.25) is 5.02 Å². The first-order chi connectivity index (χ1) is 14.0. The molecule has 0 heterocycles. The number of rotatable bonds is 4. The highest BCUT2D eigenvalue weighted by Crippen LogP contribution is 2.17. The van der Waals surface area contributed by atoms with E-state index in [0.29, 0.717) is 21.8 Å². The van der Waals surface area contributed by atoms with Crippen LogP contribution in [0, 0.1) is 11.8 Å². The molecule has 5 heteroatoms. The number of hydrogen-bond acceptors (Lipinski definition) is 3. The second-order valence-electron chi connectivity index (χ2n) is 6.22. The van der Waals surface area contributed by atoms with E-state index in [0.717, 1.165) is 11.1 Å². The number of carbonyl (C=O) groups excluding carboxylic acids is 2. The zero-order valence-corrected chi connectivity index (χ0v) is 16.5. The Morgan fingerprint density at radius 1 is 0.931 bits per heavy atom. The molecular formula is C24H18ClNO3. The fraction of sp³-hybridized carbons (Fsp3) is 0.0833. The van der Waals surface area contributed by atoms with Crippen molar-refractivity contribution in [2.45, 2.75) is 6.42 Å². The summed E-state index contributed by atoms with van der Waals surface area (Å²) in [7, 11) is 1.34. The zero-order valence-electron chi connectivity index (χ0n) is 15.7. The van der Waals surface area contributed by atoms with E-state index in [-0.39, 0.29) is 12.3 Å². The highest BCUT2D eigenvalue weighted by atomic mass is 35.5. The van der Waals surface area contributed by atoms with Crippen LogP contribution < -0.4 is 5.32 Å². The number of halogens is 1. The first-order valence-corrected chi connectivity index (χ1v) is 9.26. The molecule has 1 N–H and O–H groups in total. The summed E-state index contributed by atoms with van der Waals surface area (Å²) in [4.78, 5) is 23.9. The van der Waals surface area contributed by atoms with Crippen molar-refractivity contribution in [2.75, 3.05) is 12.4 Å². The molecule has 0 aromatic heterocycles. The Balaban J connectivity index is 1.71. The molecule has 3 aromatic rings. The standard InChI is InChI=1S/C24H18ClNO3/c1-29-24(28)20-9-4-6-17(14-20)12-13-18-7-5-10-21(15-18)26-23(27)16-19-8-2-3-11-22(19)25/h2-11,14-15H,16H2,1H3,(H,26,27). The largest absolute Gasteiger partial charge is 0.465 e. The molecule has 0 bridgehead atoms. The van der Waals surface area contributed by atoms with Gasteiger partial charge in [-0.2, -0.15) is 0 Å². The summed E-state index contributed by atoms with van der Waals surface area (Å²) < 4.78 is 4.72. The molecule has 0 saturated heterocycles. The van der Waals surface area contributed by atoms with Crippen LogP contribution in [0.4, 0.5) is 5.69 Å². The topological polar surface area (TPSA) is 55.4 Å². The van der Waals surface area contributed by atoms with Crippen molar-refractivity contribution in [1.82, 2.24) is 0 Å². The van der Waals surface area contributed by atoms with Crippen LogP contribution in [-0.4, -0.2) is 19.0 Å². The number of esters is 1. The van der Waals surface area contributed by atoms with Gasteiger partial charge < -0.3 is 10.1 Å². The van der Waals surface area contributed by atoms with E-state index in [1.807, 2.05) is 36.4 Å². The minimum Gasteiger partial charge on any atom is -0.465 e. The van der Waals surface area contributed by atoms with Gasteiger partial charge in [0.05, 0.1) is 19.1 Å². The minimum atomic E-state index is -0.406. The molecule has 0 aliphatic rings. The van der Waals surface area contributed by atoms with Crippen LogP contribution in [0.5, 0.6) is 0 Å². The molecule has 144 valence electrons. The Hall–Kier alpha value is -3.55. The van der Waals surface area contributed by atoms with Crippen LogP contribution in [0.3, 0.4) is 0 Å². The van der Waals surface area contributed by atoms with Gasteiger partial charge >= 0.3 is 5.97 Å². The molecule has 0 aliphatic carbocycles. The molecule has 0 spiro atoms. The molecule has 4 nitrogen and oxygen atoms in total. The number of hydrogen-bond donors (Lipinski definition) is 1. The van der Waals surface area contributed by atoms with Gasteiger partial charge in [0.2, 0.25) is 5.91 Å². The number of carbonyl (C=O) groups is 2. The van der Waals surface area contributed by atoms with E-state index >= 15 is 0 Å². The van der Waals surface area contributed by atoms with Gasteiger partial charge in [-0.25, -0.2) is 4.79 Å². The molecular weight excluding hydrogens is 386 g/mol. The van der Waals surface area contributed by atoms with Gasteiger partial charge in [-0.05, 0) is 48.0 Å². The van der Waals surface area contributed by atoms with Gasteiger partial charge in [-0.15, -0.1) is 0 Å². The van der Waals surface area contributed by atoms with E-state index in [1.54, 1.807) is 36.4 Å². The molecule has 0 saturated carbocycles. The molecule has 3 rings (SSSR count). The summed E-state index contributed by atoms with van der Waals surface area (Å²) in [5.41, 5.74) is 3.30. The minimum absolute atomic E-state index is 0.158. The Kier molecular flexibility index (Phi) is 6.67. The Labute approximate surface area is 174 Å². The summed E-state index contributed by atoms with van der Waals surface area (Å²) >= 11 is 6.11. The predicted octanol–water partition coefficient (Wildman–Crippen LogP) is 4.71. The summed E-state index contributed by atoms with van der Waals surface area (Å²) in [5.74, 6) is 5.50. The van der Waals surface area contributed by atoms with E-state index in [9.17, 15) is 9.59 Å². The van der Waals surface area contributed by atoms with E-state index in [1.165, 1.54) is 7.11 Å². The number of benzene rings is 3. The zero-order chi connectivity index (χ0) is 20.6. The predicted molar refractivity (Wildman–Crippen MR) is 114 cm³/mol. The third-order valence-electron chi connectivity index (χ3n) is 4.09. The molecule has 0 aliphatic heterocycles. The Bertz CT molecular complexity index is 1110. The van der Waals surface area contributed by atoms with Crippen molar-refractivity contribution < 1.29 is 14.3 Å². The van der Waals surface area contributed by atoms with E-state index < -0.39 is 5.97 Å². The number of methoxy groups -OCH3 is 1. The smallest absolute Gasteiger partial charge is 0.337 e. The lowest BCUT2D eigenvalue weighted by Gasteiger charge is -2.07. The maximum Gasteiger partial charge on any atom is 0.337 e. The molecule has 0 radical (unpaired) electrons. The van der Waals surface area contributed by atoms with Crippen LogP contribution in [-0.2, 0) is 16.0 Å². The fourth-order valence-corrected chi connectivity index (χ4v) is 2.88. The molecule has 1 amide bonds. The van der Waals surface area contributed by atoms with Gasteiger partial charge in [-0.3, -0.25) is 4.79 Å². The first kappa shape index (κ1) is 20.2. The second kappa shape index (κ2) is 9.59. The third kappa shape index (κ3) is 5.71. The van der Waals surface area contributed by atoms with Crippen molar-refractivity contribution in [3.05, 3.63) is 100 Å². The SMILES string of the molecule is COC(=O)c1cccc(C#Cc2cccc(NC(=O)Cc3ccccc3Cl)c2)c1. The molecule has 29 heavy (non-hydrogen) atoms. The Morgan fingerprint density at radius 3 is 2.34 bits per heavy atom. The average Bonchev–Trinajstić information content (AvgIpc) is 2.74. The van der Waals surface area contributed by atoms with Gasteiger partial charge in [0.25, 0.3) is 0 Å². The van der Waals surface area contributed by atoms with Gasteiger partial charge in [-0.1, -0.05) is 53.8 Å². The van der Waals surface area contributed by atoms with Crippen molar-refractivity contribution in [3.8, 4) is 11.8 Å². The van der Waals surface area contributed by atoms with Crippen LogP contribution >= 0.6 is 11.6 Å². The van der Waals surface area contributed by atoms with Crippen molar-refractivity contribution >= 4 is 29.2 Å². The van der Waals surface area contributed by atoms with Crippen LogP contribution in [0.15, 0.2) is 72.8 Å². The number of anilines is 1. The monoisotopic (exact) mass is 403 g/mol. The van der Waals surface area contributed by atoms with Crippen LogP contribution in [0.25, 0.3) is 0 Å². The van der Waals surface area contributed by atoms with Crippen molar-refractivity contribution in [2.24, 2.45) is 0 Å². The summed E-state index contributed by atoms with van der Waals surface area (Å²) in [6.45, 7) is 0. The van der Waals surface area contributed by atoms with Gasteiger partial charge in [0.1, 0.15) is 0 Å². The summed E-state index contributed by atoms with van der Waals surface area (Å²) in [6.07, 6.45) is 0.190. The average molecular weight is 404 g/mol. The number of amides is 1. The first-order valence-electron chi connectivity index (χ1n) is 8.89. The molecule has 3 aromatic carbocycles. The lowest BCUT2D eigenvalue weighted by atomic mass is 10.1. The highest BCUT2D eigenvalue weighted by molar-refractivity contribution is 6.31. The molecule has 0 atom stereocenters. The van der Waals surface area contributed by atoms with Gasteiger partial charge in [0.15, 0.2) is 0 Å². The maximum absolute atomic E-state index is 12.3. The molecule has 0 unspecified atom stereocenters. The van der Waals surface area contributed by atoms with Gasteiger partial charge in [0, 0.05) is 21.8 Å². The number of nitrogens with one attached hydrogen (secondary N) is 1. The third-order valence-corrected chi connectivity index (χ3v) is 4.46. The second-order valence-corrected chi connectivity index (χ2v) is 6.63. The highest BCUT2D eigenvalue weighted by Gasteiger charge is 2.07. The number of ether oxygens (including phenoxy) is 1. The maximum atomic E-state index is 12.3. The lowest BCUT2D eigenvalue weighted by Crippen LogP contribution is -2.14. The quantitative estimate of drug-likeness (QED) is 0.507.